The molecule has 0 unspecified atom stereocenters. The second-order valence-electron chi connectivity index (χ2n) is 3.84. The van der Waals surface area contributed by atoms with Crippen LogP contribution < -0.4 is 15.8 Å². The third kappa shape index (κ3) is 8.32. The number of hydrogen-bond donors (Lipinski definition) is 3. The van der Waals surface area contributed by atoms with E-state index >= 15 is 0 Å². The highest BCUT2D eigenvalue weighted by molar-refractivity contribution is 14.0. The van der Waals surface area contributed by atoms with Crippen molar-refractivity contribution in [2.24, 2.45) is 10.7 Å². The Morgan fingerprint density at radius 1 is 1.50 bits per heavy atom. The first-order valence-electron chi connectivity index (χ1n) is 5.94. The molecule has 8 nitrogen and oxygen atoms in total. The molecule has 0 spiro atoms. The van der Waals surface area contributed by atoms with Crippen molar-refractivity contribution in [2.75, 3.05) is 19.6 Å². The van der Waals surface area contributed by atoms with Crippen LogP contribution in [-0.2, 0) is 15.8 Å². The maximum absolute atomic E-state index is 11.6. The summed E-state index contributed by atoms with van der Waals surface area (Å²) >= 11 is 0. The highest BCUT2D eigenvalue weighted by Crippen LogP contribution is 2.00. The Kier molecular flexibility index (Phi) is 9.50. The van der Waals surface area contributed by atoms with Crippen molar-refractivity contribution in [3.05, 3.63) is 18.0 Å². The number of aromatic nitrogens is 1. The highest BCUT2D eigenvalue weighted by Gasteiger charge is 2.12. The van der Waals surface area contributed by atoms with Crippen LogP contribution in [0.25, 0.3) is 0 Å². The van der Waals surface area contributed by atoms with Gasteiger partial charge in [-0.1, -0.05) is 12.1 Å². The molecule has 0 saturated heterocycles. The zero-order chi connectivity index (χ0) is 14.1. The maximum atomic E-state index is 11.6. The summed E-state index contributed by atoms with van der Waals surface area (Å²) < 4.78 is 30.3. The Labute approximate surface area is 135 Å². The van der Waals surface area contributed by atoms with Gasteiger partial charge in [-0.15, -0.1) is 24.0 Å². The van der Waals surface area contributed by atoms with Gasteiger partial charge in [0.15, 0.2) is 5.96 Å². The summed E-state index contributed by atoms with van der Waals surface area (Å²) in [6.07, 6.45) is 2.24. The minimum atomic E-state index is -3.41. The molecule has 1 aromatic heterocycles. The average molecular weight is 417 g/mol. The Hall–Kier alpha value is -0.880. The number of guanidine groups is 1. The number of sulfonamides is 1. The summed E-state index contributed by atoms with van der Waals surface area (Å²) in [6, 6.07) is 1.51. The Morgan fingerprint density at radius 2 is 2.25 bits per heavy atom. The van der Waals surface area contributed by atoms with Gasteiger partial charge in [0, 0.05) is 25.7 Å². The summed E-state index contributed by atoms with van der Waals surface area (Å²) in [4.78, 5) is 4.02. The van der Waals surface area contributed by atoms with Crippen LogP contribution in [0, 0.1) is 0 Å². The first kappa shape index (κ1) is 19.1. The van der Waals surface area contributed by atoms with Crippen LogP contribution in [0.5, 0.6) is 0 Å². The fourth-order valence-electron chi connectivity index (χ4n) is 1.24. The lowest BCUT2D eigenvalue weighted by molar-refractivity contribution is 0.413. The molecule has 0 bridgehead atoms. The molecule has 0 aliphatic rings. The van der Waals surface area contributed by atoms with Gasteiger partial charge < -0.3 is 15.6 Å². The number of aliphatic imine (C=N–C) groups is 1. The second kappa shape index (κ2) is 9.94. The third-order valence-electron chi connectivity index (χ3n) is 2.09. The van der Waals surface area contributed by atoms with E-state index in [1.807, 2.05) is 6.92 Å². The van der Waals surface area contributed by atoms with Gasteiger partial charge in [0.1, 0.15) is 12.0 Å². The van der Waals surface area contributed by atoms with Gasteiger partial charge in [-0.05, 0) is 6.42 Å². The fraction of sp³-hybridized carbons (Fsp3) is 0.600. The SMILES string of the molecule is CCCN=C(N)NCCNS(=O)(=O)Cc1ccon1.I. The van der Waals surface area contributed by atoms with E-state index in [4.69, 9.17) is 5.73 Å². The van der Waals surface area contributed by atoms with E-state index in [-0.39, 0.29) is 36.3 Å². The summed E-state index contributed by atoms with van der Waals surface area (Å²) in [5.74, 6) is 0.112. The molecular formula is C10H20IN5O3S. The Morgan fingerprint density at radius 3 is 2.85 bits per heavy atom. The number of halogens is 1. The molecule has 0 fully saturated rings. The molecule has 1 heterocycles. The van der Waals surface area contributed by atoms with Crippen molar-refractivity contribution < 1.29 is 12.9 Å². The molecular weight excluding hydrogens is 397 g/mol. The van der Waals surface area contributed by atoms with Crippen LogP contribution in [0.4, 0.5) is 0 Å². The van der Waals surface area contributed by atoms with Crippen LogP contribution >= 0.6 is 24.0 Å². The first-order valence-corrected chi connectivity index (χ1v) is 7.59. The average Bonchev–Trinajstić information content (AvgIpc) is 2.84. The zero-order valence-electron chi connectivity index (χ0n) is 11.2. The molecule has 0 saturated carbocycles. The monoisotopic (exact) mass is 417 g/mol. The lowest BCUT2D eigenvalue weighted by Gasteiger charge is -2.07. The van der Waals surface area contributed by atoms with Gasteiger partial charge in [-0.2, -0.15) is 0 Å². The number of nitrogens with one attached hydrogen (secondary N) is 2. The summed E-state index contributed by atoms with van der Waals surface area (Å²) in [7, 11) is -3.41. The van der Waals surface area contributed by atoms with Crippen molar-refractivity contribution in [3.63, 3.8) is 0 Å². The summed E-state index contributed by atoms with van der Waals surface area (Å²) in [5, 5.41) is 6.36. The van der Waals surface area contributed by atoms with Crippen LogP contribution in [0.2, 0.25) is 0 Å². The molecule has 0 amide bonds. The third-order valence-corrected chi connectivity index (χ3v) is 3.41. The largest absolute Gasteiger partial charge is 0.370 e. The molecule has 0 aromatic carbocycles. The van der Waals surface area contributed by atoms with Crippen LogP contribution in [0.15, 0.2) is 21.8 Å². The molecule has 0 radical (unpaired) electrons. The van der Waals surface area contributed by atoms with E-state index in [0.29, 0.717) is 24.7 Å². The van der Waals surface area contributed by atoms with E-state index in [9.17, 15) is 8.42 Å². The van der Waals surface area contributed by atoms with E-state index < -0.39 is 10.0 Å². The van der Waals surface area contributed by atoms with Crippen molar-refractivity contribution in [2.45, 2.75) is 19.1 Å². The van der Waals surface area contributed by atoms with Gasteiger partial charge in [0.05, 0.1) is 5.69 Å². The van der Waals surface area contributed by atoms with Crippen LogP contribution in [-0.4, -0.2) is 39.2 Å². The number of rotatable bonds is 8. The van der Waals surface area contributed by atoms with Gasteiger partial charge in [0.2, 0.25) is 10.0 Å². The van der Waals surface area contributed by atoms with Crippen molar-refractivity contribution >= 4 is 40.0 Å². The second-order valence-corrected chi connectivity index (χ2v) is 5.64. The predicted octanol–water partition coefficient (Wildman–Crippen LogP) is 0.0263. The smallest absolute Gasteiger partial charge is 0.217 e. The topological polar surface area (TPSA) is 123 Å². The summed E-state index contributed by atoms with van der Waals surface area (Å²) in [6.45, 7) is 3.24. The molecule has 116 valence electrons. The highest BCUT2D eigenvalue weighted by atomic mass is 127. The fourth-order valence-corrected chi connectivity index (χ4v) is 2.30. The minimum absolute atomic E-state index is 0. The van der Waals surface area contributed by atoms with Crippen molar-refractivity contribution in [1.29, 1.82) is 0 Å². The van der Waals surface area contributed by atoms with Gasteiger partial charge in [-0.3, -0.25) is 4.99 Å². The predicted molar refractivity (Wildman–Crippen MR) is 87.3 cm³/mol. The molecule has 20 heavy (non-hydrogen) atoms. The quantitative estimate of drug-likeness (QED) is 0.237. The number of hydrogen-bond acceptors (Lipinski definition) is 5. The molecule has 0 atom stereocenters. The Balaban J connectivity index is 0.00000361. The van der Waals surface area contributed by atoms with E-state index in [1.54, 1.807) is 0 Å². The number of nitrogens with zero attached hydrogens (tertiary/aromatic N) is 2. The lowest BCUT2D eigenvalue weighted by atomic mass is 10.5. The lowest BCUT2D eigenvalue weighted by Crippen LogP contribution is -2.38. The van der Waals surface area contributed by atoms with Crippen LogP contribution in [0.1, 0.15) is 19.0 Å². The molecule has 1 rings (SSSR count). The normalized spacial score (nSPS) is 11.9. The minimum Gasteiger partial charge on any atom is -0.370 e. The van der Waals surface area contributed by atoms with Crippen molar-refractivity contribution in [3.8, 4) is 0 Å². The molecule has 4 N–H and O–H groups in total. The molecule has 0 aliphatic carbocycles. The molecule has 10 heteroatoms. The molecule has 0 aliphatic heterocycles. The molecule has 1 aromatic rings. The van der Waals surface area contributed by atoms with Crippen molar-refractivity contribution in [1.82, 2.24) is 15.2 Å². The van der Waals surface area contributed by atoms with Crippen LogP contribution in [0.3, 0.4) is 0 Å². The first-order chi connectivity index (χ1) is 9.03. The maximum Gasteiger partial charge on any atom is 0.217 e. The summed E-state index contributed by atoms with van der Waals surface area (Å²) in [5.41, 5.74) is 5.92. The van der Waals surface area contributed by atoms with Gasteiger partial charge in [0.25, 0.3) is 0 Å². The van der Waals surface area contributed by atoms with E-state index in [2.05, 4.69) is 24.7 Å². The standard InChI is InChI=1S/C10H19N5O3S.HI/c1-2-4-12-10(11)13-5-6-14-19(16,17)8-9-3-7-18-15-9;/h3,7,14H,2,4-6,8H2,1H3,(H3,11,12,13);1H. The van der Waals surface area contributed by atoms with Gasteiger partial charge in [-0.25, -0.2) is 13.1 Å². The number of nitrogens with two attached hydrogens (primary N) is 1. The van der Waals surface area contributed by atoms with E-state index in [0.717, 1.165) is 6.42 Å². The zero-order valence-corrected chi connectivity index (χ0v) is 14.4. The Bertz CT molecular complexity index is 489. The van der Waals surface area contributed by atoms with Gasteiger partial charge >= 0.3 is 0 Å². The van der Waals surface area contributed by atoms with E-state index in [1.165, 1.54) is 12.3 Å².